The van der Waals surface area contributed by atoms with Gasteiger partial charge in [0.25, 0.3) is 0 Å². The van der Waals surface area contributed by atoms with Crippen LogP contribution in [0.15, 0.2) is 30.3 Å². The third-order valence-corrected chi connectivity index (χ3v) is 6.71. The van der Waals surface area contributed by atoms with Crippen molar-refractivity contribution in [2.24, 2.45) is 0 Å². The third-order valence-electron chi connectivity index (χ3n) is 6.40. The van der Waals surface area contributed by atoms with Gasteiger partial charge in [0.1, 0.15) is 11.6 Å². The number of rotatable bonds is 11. The highest BCUT2D eigenvalue weighted by molar-refractivity contribution is 6.30. The van der Waals surface area contributed by atoms with E-state index in [4.69, 9.17) is 21.4 Å². The molecule has 1 heterocycles. The molecule has 34 heavy (non-hydrogen) atoms. The molecule has 0 aliphatic carbocycles. The van der Waals surface area contributed by atoms with Crippen LogP contribution in [0.5, 0.6) is 0 Å². The minimum absolute atomic E-state index is 0.0543. The van der Waals surface area contributed by atoms with Crippen molar-refractivity contribution in [1.29, 1.82) is 0 Å². The molecule has 1 aliphatic rings. The number of benzene rings is 2. The summed E-state index contributed by atoms with van der Waals surface area (Å²) in [6, 6.07) is 8.10. The van der Waals surface area contributed by atoms with Gasteiger partial charge in [-0.05, 0) is 86.5 Å². The van der Waals surface area contributed by atoms with E-state index in [1.807, 2.05) is 6.07 Å². The second-order valence-corrected chi connectivity index (χ2v) is 9.47. The van der Waals surface area contributed by atoms with Crippen molar-refractivity contribution in [3.05, 3.63) is 69.2 Å². The van der Waals surface area contributed by atoms with Crippen LogP contribution in [0.25, 0.3) is 0 Å². The van der Waals surface area contributed by atoms with Gasteiger partial charge >= 0.3 is 5.97 Å². The number of ether oxygens (including phenoxy) is 1. The zero-order valence-electron chi connectivity index (χ0n) is 19.6. The fourth-order valence-electron chi connectivity index (χ4n) is 4.57. The molecular weight excluding hydrogens is 464 g/mol. The van der Waals surface area contributed by atoms with E-state index in [2.05, 4.69) is 4.90 Å². The lowest BCUT2D eigenvalue weighted by molar-refractivity contribution is -0.136. The van der Waals surface area contributed by atoms with Crippen molar-refractivity contribution in [3.63, 3.8) is 0 Å². The Morgan fingerprint density at radius 1 is 1.26 bits per heavy atom. The number of likely N-dealkylation sites (tertiary alicyclic amines) is 1. The van der Waals surface area contributed by atoms with Gasteiger partial charge in [0.15, 0.2) is 0 Å². The molecule has 1 aliphatic heterocycles. The number of aliphatic hydroxyl groups excluding tert-OH is 1. The van der Waals surface area contributed by atoms with Crippen molar-refractivity contribution in [2.45, 2.75) is 64.2 Å². The van der Waals surface area contributed by atoms with Crippen LogP contribution in [0, 0.1) is 18.6 Å². The van der Waals surface area contributed by atoms with Gasteiger partial charge in [0.2, 0.25) is 0 Å². The molecule has 2 aromatic carbocycles. The molecule has 0 amide bonds. The lowest BCUT2D eigenvalue weighted by Crippen LogP contribution is -2.39. The maximum absolute atomic E-state index is 14.2. The molecule has 2 aromatic rings. The minimum atomic E-state index is -0.918. The van der Waals surface area contributed by atoms with Gasteiger partial charge in [-0.3, -0.25) is 9.69 Å². The molecule has 0 unspecified atom stereocenters. The van der Waals surface area contributed by atoms with Crippen LogP contribution >= 0.6 is 11.6 Å². The largest absolute Gasteiger partial charge is 0.481 e. The second-order valence-electron chi connectivity index (χ2n) is 9.07. The fourth-order valence-corrected chi connectivity index (χ4v) is 4.68. The van der Waals surface area contributed by atoms with Crippen LogP contribution in [0.3, 0.4) is 0 Å². The average Bonchev–Trinajstić information content (AvgIpc) is 3.21. The van der Waals surface area contributed by atoms with Crippen molar-refractivity contribution in [3.8, 4) is 0 Å². The predicted octanol–water partition coefficient (Wildman–Crippen LogP) is 5.09. The Morgan fingerprint density at radius 3 is 2.74 bits per heavy atom. The smallest absolute Gasteiger partial charge is 0.303 e. The molecule has 186 valence electrons. The minimum Gasteiger partial charge on any atom is -0.481 e. The molecule has 0 radical (unpaired) electrons. The van der Waals surface area contributed by atoms with Crippen LogP contribution in [0.2, 0.25) is 5.02 Å². The Morgan fingerprint density at radius 2 is 2.03 bits per heavy atom. The molecule has 3 atom stereocenters. The molecule has 1 saturated heterocycles. The van der Waals surface area contributed by atoms with Crippen molar-refractivity contribution < 1.29 is 28.5 Å². The normalized spacial score (nSPS) is 18.2. The maximum atomic E-state index is 14.2. The maximum Gasteiger partial charge on any atom is 0.303 e. The van der Waals surface area contributed by atoms with Crippen molar-refractivity contribution in [2.75, 3.05) is 19.7 Å². The number of nitrogens with zero attached hydrogens (tertiary/aromatic N) is 1. The number of aliphatic hydroxyl groups is 1. The van der Waals surface area contributed by atoms with Crippen LogP contribution in [-0.2, 0) is 22.4 Å². The zero-order chi connectivity index (χ0) is 24.8. The monoisotopic (exact) mass is 495 g/mol. The summed E-state index contributed by atoms with van der Waals surface area (Å²) in [7, 11) is 0. The summed E-state index contributed by atoms with van der Waals surface area (Å²) < 4.78 is 33.9. The number of carboxylic acid groups (broad SMARTS) is 1. The summed E-state index contributed by atoms with van der Waals surface area (Å²) in [4.78, 5) is 13.2. The SMILES string of the molecule is Cc1cc(CCC(=O)O)c([C@@H](C)OC[C@H](O)CN2CCC[C@H]2Cc2ccc(Cl)c(F)c2)cc1F. The summed E-state index contributed by atoms with van der Waals surface area (Å²) in [5.74, 6) is -1.72. The number of carboxylic acids is 1. The van der Waals surface area contributed by atoms with E-state index in [0.717, 1.165) is 30.5 Å². The highest BCUT2D eigenvalue weighted by atomic mass is 35.5. The first-order chi connectivity index (χ1) is 16.1. The number of hydrogen-bond acceptors (Lipinski definition) is 4. The van der Waals surface area contributed by atoms with Crippen LogP contribution in [0.1, 0.15) is 54.5 Å². The summed E-state index contributed by atoms with van der Waals surface area (Å²) in [6.07, 6.45) is 1.62. The molecule has 0 spiro atoms. The second kappa shape index (κ2) is 12.1. The Hall–Kier alpha value is -2.06. The van der Waals surface area contributed by atoms with Crippen molar-refractivity contribution >= 4 is 17.6 Å². The first kappa shape index (κ1) is 26.5. The predicted molar refractivity (Wildman–Crippen MR) is 127 cm³/mol. The van der Waals surface area contributed by atoms with E-state index < -0.39 is 24.0 Å². The Labute approximate surface area is 204 Å². The van der Waals surface area contributed by atoms with E-state index in [9.17, 15) is 18.7 Å². The number of β-amino-alcohol motifs (C(OH)–C–C–N with tert-alkyl or cyclic N) is 1. The first-order valence-corrected chi connectivity index (χ1v) is 12.0. The Bertz CT molecular complexity index is 1000. The van der Waals surface area contributed by atoms with Gasteiger partial charge in [-0.25, -0.2) is 8.78 Å². The van der Waals surface area contributed by atoms with E-state index >= 15 is 0 Å². The van der Waals surface area contributed by atoms with E-state index in [1.54, 1.807) is 26.0 Å². The van der Waals surface area contributed by atoms with Crippen molar-refractivity contribution in [1.82, 2.24) is 4.90 Å². The molecule has 5 nitrogen and oxygen atoms in total. The van der Waals surface area contributed by atoms with Gasteiger partial charge in [-0.1, -0.05) is 23.7 Å². The van der Waals surface area contributed by atoms with Gasteiger partial charge in [0.05, 0.1) is 23.8 Å². The lowest BCUT2D eigenvalue weighted by Gasteiger charge is -2.28. The summed E-state index contributed by atoms with van der Waals surface area (Å²) in [6.45, 7) is 4.74. The van der Waals surface area contributed by atoms with Gasteiger partial charge in [-0.15, -0.1) is 0 Å². The number of aliphatic carboxylic acids is 1. The summed E-state index contributed by atoms with van der Waals surface area (Å²) in [5.41, 5.74) is 2.66. The fraction of sp³-hybridized carbons (Fsp3) is 0.500. The number of hydrogen-bond donors (Lipinski definition) is 2. The zero-order valence-corrected chi connectivity index (χ0v) is 20.3. The van der Waals surface area contributed by atoms with E-state index in [0.29, 0.717) is 24.1 Å². The molecule has 8 heteroatoms. The molecule has 2 N–H and O–H groups in total. The van der Waals surface area contributed by atoms with Crippen LogP contribution < -0.4 is 0 Å². The van der Waals surface area contributed by atoms with Crippen LogP contribution in [-0.4, -0.2) is 52.9 Å². The molecular formula is C26H32ClF2NO4. The van der Waals surface area contributed by atoms with Gasteiger partial charge in [0, 0.05) is 19.0 Å². The lowest BCUT2D eigenvalue weighted by atomic mass is 9.96. The van der Waals surface area contributed by atoms with Gasteiger partial charge in [-0.2, -0.15) is 0 Å². The van der Waals surface area contributed by atoms with Crippen LogP contribution in [0.4, 0.5) is 8.78 Å². The standard InChI is InChI=1S/C26H32ClF2NO4/c1-16-10-19(6-8-26(32)33)22(13-24(16)28)17(2)34-15-21(31)14-30-9-3-4-20(30)11-18-5-7-23(27)25(29)12-18/h5,7,10,12-13,17,20-21,31H,3-4,6,8-9,11,14-15H2,1-2H3,(H,32,33)/t17-,20+,21-/m1/s1. The van der Waals surface area contributed by atoms with E-state index in [-0.39, 0.29) is 36.3 Å². The molecule has 3 rings (SSSR count). The summed E-state index contributed by atoms with van der Waals surface area (Å²) in [5, 5.41) is 19.7. The molecule has 0 saturated carbocycles. The number of halogens is 3. The average molecular weight is 496 g/mol. The quantitative estimate of drug-likeness (QED) is 0.454. The highest BCUT2D eigenvalue weighted by Gasteiger charge is 2.27. The Balaban J connectivity index is 1.56. The topological polar surface area (TPSA) is 70.0 Å². The first-order valence-electron chi connectivity index (χ1n) is 11.6. The van der Waals surface area contributed by atoms with Gasteiger partial charge < -0.3 is 14.9 Å². The molecule has 0 aromatic heterocycles. The Kier molecular flexibility index (Phi) is 9.42. The number of aryl methyl sites for hydroxylation is 2. The molecule has 1 fully saturated rings. The number of carbonyl (C=O) groups is 1. The molecule has 0 bridgehead atoms. The third kappa shape index (κ3) is 7.22. The summed E-state index contributed by atoms with van der Waals surface area (Å²) >= 11 is 5.78. The highest BCUT2D eigenvalue weighted by Crippen LogP contribution is 2.27. The van der Waals surface area contributed by atoms with E-state index in [1.165, 1.54) is 12.1 Å².